The highest BCUT2D eigenvalue weighted by Crippen LogP contribution is 2.19. The first-order valence-electron chi connectivity index (χ1n) is 10.9. The van der Waals surface area contributed by atoms with Crippen molar-refractivity contribution in [3.8, 4) is 0 Å². The van der Waals surface area contributed by atoms with Gasteiger partial charge in [-0.25, -0.2) is 12.8 Å². The van der Waals surface area contributed by atoms with E-state index in [0.29, 0.717) is 11.3 Å². The highest BCUT2D eigenvalue weighted by atomic mass is 32.2. The Hall–Kier alpha value is -2.94. The summed E-state index contributed by atoms with van der Waals surface area (Å²) in [4.78, 5) is 27.0. The molecule has 9 heteroatoms. The molecule has 0 aliphatic carbocycles. The number of sulfonamides is 1. The van der Waals surface area contributed by atoms with Gasteiger partial charge in [-0.2, -0.15) is 0 Å². The molecule has 33 heavy (non-hydrogen) atoms. The van der Waals surface area contributed by atoms with E-state index in [1.54, 1.807) is 55.5 Å². The zero-order valence-electron chi connectivity index (χ0n) is 19.5. The van der Waals surface area contributed by atoms with Crippen LogP contribution in [0, 0.1) is 5.82 Å². The summed E-state index contributed by atoms with van der Waals surface area (Å²) < 4.78 is 40.0. The topological polar surface area (TPSA) is 86.8 Å². The molecule has 0 aliphatic heterocycles. The zero-order chi connectivity index (χ0) is 24.6. The normalized spacial score (nSPS) is 12.3. The minimum Gasteiger partial charge on any atom is -0.352 e. The van der Waals surface area contributed by atoms with Crippen molar-refractivity contribution in [3.05, 3.63) is 66.0 Å². The molecule has 180 valence electrons. The van der Waals surface area contributed by atoms with Crippen LogP contribution < -0.4 is 9.62 Å². The number of carbonyl (C=O) groups excluding carboxylic acids is 2. The highest BCUT2D eigenvalue weighted by Gasteiger charge is 2.27. The lowest BCUT2D eigenvalue weighted by atomic mass is 10.1. The first kappa shape index (κ1) is 26.3. The van der Waals surface area contributed by atoms with Gasteiger partial charge in [-0.05, 0) is 45.4 Å². The maximum absolute atomic E-state index is 14.3. The van der Waals surface area contributed by atoms with Gasteiger partial charge < -0.3 is 10.2 Å². The second-order valence-electron chi connectivity index (χ2n) is 8.23. The van der Waals surface area contributed by atoms with Crippen molar-refractivity contribution < 1.29 is 22.4 Å². The first-order chi connectivity index (χ1) is 15.5. The Bertz CT molecular complexity index is 1040. The number of nitrogens with one attached hydrogen (secondary N) is 1. The van der Waals surface area contributed by atoms with Gasteiger partial charge in [-0.15, -0.1) is 0 Å². The molecule has 0 unspecified atom stereocenters. The quantitative estimate of drug-likeness (QED) is 0.538. The third-order valence-corrected chi connectivity index (χ3v) is 6.29. The number of hydrogen-bond donors (Lipinski definition) is 1. The van der Waals surface area contributed by atoms with Gasteiger partial charge in [-0.1, -0.05) is 36.4 Å². The number of rotatable bonds is 11. The molecule has 1 N–H and O–H groups in total. The van der Waals surface area contributed by atoms with Crippen LogP contribution in [0.3, 0.4) is 0 Å². The molecule has 2 amide bonds. The number of halogens is 1. The summed E-state index contributed by atoms with van der Waals surface area (Å²) in [5.74, 6) is -1.15. The molecule has 0 bridgehead atoms. The molecule has 7 nitrogen and oxygen atoms in total. The first-order valence-corrected chi connectivity index (χ1v) is 12.7. The van der Waals surface area contributed by atoms with E-state index in [9.17, 15) is 22.4 Å². The fraction of sp³-hybridized carbons (Fsp3) is 0.417. The van der Waals surface area contributed by atoms with Gasteiger partial charge in [0.2, 0.25) is 21.8 Å². The maximum atomic E-state index is 14.3. The number of para-hydroxylation sites is 1. The van der Waals surface area contributed by atoms with Gasteiger partial charge >= 0.3 is 0 Å². The van der Waals surface area contributed by atoms with Crippen LogP contribution >= 0.6 is 0 Å². The average Bonchev–Trinajstić information content (AvgIpc) is 2.74. The Morgan fingerprint density at radius 3 is 2.18 bits per heavy atom. The summed E-state index contributed by atoms with van der Waals surface area (Å²) in [7, 11) is -3.54. The summed E-state index contributed by atoms with van der Waals surface area (Å²) in [5, 5.41) is 2.78. The molecule has 2 aromatic carbocycles. The number of hydrogen-bond acceptors (Lipinski definition) is 4. The van der Waals surface area contributed by atoms with E-state index in [4.69, 9.17) is 0 Å². The van der Waals surface area contributed by atoms with E-state index >= 15 is 0 Å². The molecule has 2 aromatic rings. The Kier molecular flexibility index (Phi) is 9.40. The van der Waals surface area contributed by atoms with Crippen LogP contribution in [0.25, 0.3) is 0 Å². The predicted molar refractivity (Wildman–Crippen MR) is 128 cm³/mol. The lowest BCUT2D eigenvalue weighted by Gasteiger charge is -2.30. The van der Waals surface area contributed by atoms with Crippen molar-refractivity contribution in [1.82, 2.24) is 10.2 Å². The monoisotopic (exact) mass is 477 g/mol. The smallest absolute Gasteiger partial charge is 0.242 e. The number of anilines is 1. The summed E-state index contributed by atoms with van der Waals surface area (Å²) in [6.45, 7) is 5.28. The third kappa shape index (κ3) is 7.85. The van der Waals surface area contributed by atoms with Gasteiger partial charge in [0.15, 0.2) is 0 Å². The standard InChI is InChI=1S/C24H32FN3O4S/c1-18(2)26-24(30)19(3)27(17-20-11-8-9-14-22(20)25)23(29)15-10-16-28(33(4,31)32)21-12-6-5-7-13-21/h5-9,11-14,18-19H,10,15-17H2,1-4H3,(H,26,30)/t19-/m0/s1. The maximum Gasteiger partial charge on any atom is 0.242 e. The summed E-state index contributed by atoms with van der Waals surface area (Å²) >= 11 is 0. The Balaban J connectivity index is 2.16. The van der Waals surface area contributed by atoms with Crippen molar-refractivity contribution in [2.24, 2.45) is 0 Å². The molecule has 0 radical (unpaired) electrons. The van der Waals surface area contributed by atoms with Crippen molar-refractivity contribution >= 4 is 27.5 Å². The van der Waals surface area contributed by atoms with Gasteiger partial charge in [0, 0.05) is 31.1 Å². The van der Waals surface area contributed by atoms with E-state index in [1.165, 1.54) is 15.3 Å². The number of benzene rings is 2. The lowest BCUT2D eigenvalue weighted by Crippen LogP contribution is -2.49. The molecule has 0 fully saturated rings. The van der Waals surface area contributed by atoms with Crippen LogP contribution in [0.1, 0.15) is 39.2 Å². The van der Waals surface area contributed by atoms with E-state index in [-0.39, 0.29) is 43.8 Å². The molecule has 0 saturated heterocycles. The van der Waals surface area contributed by atoms with Gasteiger partial charge in [0.25, 0.3) is 0 Å². The van der Waals surface area contributed by atoms with Crippen molar-refractivity contribution in [3.63, 3.8) is 0 Å². The highest BCUT2D eigenvalue weighted by molar-refractivity contribution is 7.92. The molecule has 1 atom stereocenters. The SMILES string of the molecule is CC(C)NC(=O)[C@H](C)N(Cc1ccccc1F)C(=O)CCCN(c1ccccc1)S(C)(=O)=O. The number of carbonyl (C=O) groups is 2. The van der Waals surface area contributed by atoms with E-state index in [0.717, 1.165) is 6.26 Å². The molecule has 0 saturated carbocycles. The lowest BCUT2D eigenvalue weighted by molar-refractivity contribution is -0.140. The molecule has 0 spiro atoms. The van der Waals surface area contributed by atoms with E-state index in [2.05, 4.69) is 5.32 Å². The van der Waals surface area contributed by atoms with Gasteiger partial charge in [0.05, 0.1) is 11.9 Å². The van der Waals surface area contributed by atoms with Gasteiger partial charge in [-0.3, -0.25) is 13.9 Å². The molecule has 0 aromatic heterocycles. The van der Waals surface area contributed by atoms with Crippen LogP contribution in [0.15, 0.2) is 54.6 Å². The van der Waals surface area contributed by atoms with Crippen molar-refractivity contribution in [2.45, 2.75) is 52.2 Å². The Morgan fingerprint density at radius 1 is 1.00 bits per heavy atom. The minimum atomic E-state index is -3.54. The van der Waals surface area contributed by atoms with E-state index < -0.39 is 21.9 Å². The Morgan fingerprint density at radius 2 is 1.61 bits per heavy atom. The van der Waals surface area contributed by atoms with Crippen LogP contribution in [0.2, 0.25) is 0 Å². The summed E-state index contributed by atoms with van der Waals surface area (Å²) in [6.07, 6.45) is 1.37. The summed E-state index contributed by atoms with van der Waals surface area (Å²) in [6, 6.07) is 13.8. The molecular formula is C24H32FN3O4S. The van der Waals surface area contributed by atoms with Crippen LogP contribution in [-0.4, -0.2) is 50.0 Å². The fourth-order valence-electron chi connectivity index (χ4n) is 3.40. The van der Waals surface area contributed by atoms with Crippen LogP contribution in [0.4, 0.5) is 10.1 Å². The largest absolute Gasteiger partial charge is 0.352 e. The zero-order valence-corrected chi connectivity index (χ0v) is 20.3. The minimum absolute atomic E-state index is 0.00655. The average molecular weight is 478 g/mol. The predicted octanol–water partition coefficient (Wildman–Crippen LogP) is 3.31. The van der Waals surface area contributed by atoms with Crippen LogP contribution in [-0.2, 0) is 26.2 Å². The molecular weight excluding hydrogens is 445 g/mol. The van der Waals surface area contributed by atoms with Crippen molar-refractivity contribution in [2.75, 3.05) is 17.1 Å². The molecule has 0 heterocycles. The van der Waals surface area contributed by atoms with Crippen LogP contribution in [0.5, 0.6) is 0 Å². The third-order valence-electron chi connectivity index (χ3n) is 5.09. The molecule has 2 rings (SSSR count). The molecule has 0 aliphatic rings. The fourth-order valence-corrected chi connectivity index (χ4v) is 4.36. The second kappa shape index (κ2) is 11.8. The van der Waals surface area contributed by atoms with Gasteiger partial charge in [0.1, 0.15) is 11.9 Å². The van der Waals surface area contributed by atoms with Crippen molar-refractivity contribution in [1.29, 1.82) is 0 Å². The number of nitrogens with zero attached hydrogens (tertiary/aromatic N) is 2. The summed E-state index contributed by atoms with van der Waals surface area (Å²) in [5.41, 5.74) is 0.817. The second-order valence-corrected chi connectivity index (χ2v) is 10.1. The number of amides is 2. The Labute approximate surface area is 195 Å². The van der Waals surface area contributed by atoms with E-state index in [1.807, 2.05) is 13.8 Å².